The number of anilines is 1. The summed E-state index contributed by atoms with van der Waals surface area (Å²) >= 11 is 6.10. The minimum absolute atomic E-state index is 0.0682. The molecule has 0 saturated heterocycles. The van der Waals surface area contributed by atoms with Gasteiger partial charge in [-0.1, -0.05) is 11.6 Å². The summed E-state index contributed by atoms with van der Waals surface area (Å²) in [6.45, 7) is 5.39. The van der Waals surface area contributed by atoms with Crippen LogP contribution in [-0.4, -0.2) is 20.9 Å². The number of nitrogens with two attached hydrogens (primary N) is 1. The molecule has 0 fully saturated rings. The number of carboxylic acids is 1. The van der Waals surface area contributed by atoms with Crippen LogP contribution in [0.25, 0.3) is 5.69 Å². The standard InChI is InChI=1S/C13H14ClN3O2/c1-6-4-9(5-10(12(6)15)13(18)19)17-8(3)11(14)7(2)16-17/h4-5H,15H2,1-3H3,(H,18,19). The first-order valence-electron chi connectivity index (χ1n) is 5.68. The summed E-state index contributed by atoms with van der Waals surface area (Å²) < 4.78 is 1.62. The number of aryl methyl sites for hydroxylation is 2. The maximum atomic E-state index is 11.2. The third-order valence-electron chi connectivity index (χ3n) is 3.05. The molecule has 0 aliphatic rings. The number of halogens is 1. The van der Waals surface area contributed by atoms with Crippen LogP contribution in [0.4, 0.5) is 5.69 Å². The van der Waals surface area contributed by atoms with Gasteiger partial charge in [-0.05, 0) is 38.5 Å². The number of nitrogen functional groups attached to an aromatic ring is 1. The van der Waals surface area contributed by atoms with Gasteiger partial charge in [0.1, 0.15) is 0 Å². The zero-order valence-corrected chi connectivity index (χ0v) is 11.6. The average Bonchev–Trinajstić information content (AvgIpc) is 2.60. The van der Waals surface area contributed by atoms with Gasteiger partial charge < -0.3 is 10.8 Å². The number of aromatic nitrogens is 2. The number of rotatable bonds is 2. The fourth-order valence-electron chi connectivity index (χ4n) is 1.95. The Kier molecular flexibility index (Phi) is 3.24. The average molecular weight is 280 g/mol. The lowest BCUT2D eigenvalue weighted by atomic mass is 10.1. The molecule has 6 heteroatoms. The first-order valence-corrected chi connectivity index (χ1v) is 6.06. The van der Waals surface area contributed by atoms with Gasteiger partial charge in [0.05, 0.1) is 27.7 Å². The van der Waals surface area contributed by atoms with E-state index >= 15 is 0 Å². The molecule has 0 bridgehead atoms. The zero-order valence-electron chi connectivity index (χ0n) is 10.9. The van der Waals surface area contributed by atoms with Crippen molar-refractivity contribution in [2.75, 3.05) is 5.73 Å². The van der Waals surface area contributed by atoms with Crippen molar-refractivity contribution in [2.45, 2.75) is 20.8 Å². The van der Waals surface area contributed by atoms with E-state index in [1.165, 1.54) is 6.07 Å². The van der Waals surface area contributed by atoms with Gasteiger partial charge in [0.15, 0.2) is 0 Å². The van der Waals surface area contributed by atoms with E-state index in [1.807, 2.05) is 6.92 Å². The van der Waals surface area contributed by atoms with E-state index in [0.29, 0.717) is 22.0 Å². The summed E-state index contributed by atoms with van der Waals surface area (Å²) in [7, 11) is 0. The minimum Gasteiger partial charge on any atom is -0.478 e. The number of nitrogens with zero attached hydrogens (tertiary/aromatic N) is 2. The van der Waals surface area contributed by atoms with Crippen molar-refractivity contribution in [3.05, 3.63) is 39.7 Å². The molecule has 2 aromatic rings. The Hall–Kier alpha value is -2.01. The number of benzene rings is 1. The van der Waals surface area contributed by atoms with Crippen LogP contribution in [0.1, 0.15) is 27.3 Å². The van der Waals surface area contributed by atoms with Crippen molar-refractivity contribution >= 4 is 23.3 Å². The lowest BCUT2D eigenvalue weighted by Gasteiger charge is -2.10. The van der Waals surface area contributed by atoms with Gasteiger partial charge in [-0.3, -0.25) is 0 Å². The summed E-state index contributed by atoms with van der Waals surface area (Å²) in [5.74, 6) is -1.06. The second-order valence-electron chi connectivity index (χ2n) is 4.43. The zero-order chi connectivity index (χ0) is 14.3. The van der Waals surface area contributed by atoms with Crippen molar-refractivity contribution in [2.24, 2.45) is 0 Å². The highest BCUT2D eigenvalue weighted by Crippen LogP contribution is 2.26. The molecule has 1 aromatic heterocycles. The van der Waals surface area contributed by atoms with E-state index in [1.54, 1.807) is 24.6 Å². The maximum Gasteiger partial charge on any atom is 0.337 e. The molecule has 0 aliphatic carbocycles. The van der Waals surface area contributed by atoms with Gasteiger partial charge in [0.2, 0.25) is 0 Å². The molecule has 0 saturated carbocycles. The first kappa shape index (κ1) is 13.4. The van der Waals surface area contributed by atoms with Crippen molar-refractivity contribution in [1.29, 1.82) is 0 Å². The summed E-state index contributed by atoms with van der Waals surface area (Å²) in [4.78, 5) is 11.2. The molecule has 0 aliphatic heterocycles. The molecule has 5 nitrogen and oxygen atoms in total. The highest BCUT2D eigenvalue weighted by molar-refractivity contribution is 6.31. The Labute approximate surface area is 115 Å². The fraction of sp³-hybridized carbons (Fsp3) is 0.231. The number of carboxylic acid groups (broad SMARTS) is 1. The van der Waals surface area contributed by atoms with Gasteiger partial charge in [-0.15, -0.1) is 0 Å². The largest absolute Gasteiger partial charge is 0.478 e. The quantitative estimate of drug-likeness (QED) is 0.828. The second-order valence-corrected chi connectivity index (χ2v) is 4.80. The predicted octanol–water partition coefficient (Wildman–Crippen LogP) is 2.73. The third kappa shape index (κ3) is 2.17. The van der Waals surface area contributed by atoms with Crippen molar-refractivity contribution in [1.82, 2.24) is 9.78 Å². The summed E-state index contributed by atoms with van der Waals surface area (Å²) in [6, 6.07) is 3.29. The van der Waals surface area contributed by atoms with E-state index in [0.717, 1.165) is 5.69 Å². The molecule has 0 unspecified atom stereocenters. The molecule has 2 rings (SSSR count). The highest BCUT2D eigenvalue weighted by atomic mass is 35.5. The monoisotopic (exact) mass is 279 g/mol. The molecule has 100 valence electrons. The molecular formula is C13H14ClN3O2. The van der Waals surface area contributed by atoms with Crippen molar-refractivity contribution in [3.8, 4) is 5.69 Å². The van der Waals surface area contributed by atoms with Gasteiger partial charge in [-0.25, -0.2) is 9.48 Å². The Balaban J connectivity index is 2.69. The van der Waals surface area contributed by atoms with Crippen LogP contribution < -0.4 is 5.73 Å². The Morgan fingerprint density at radius 1 is 1.37 bits per heavy atom. The first-order chi connectivity index (χ1) is 8.82. The summed E-state index contributed by atoms with van der Waals surface area (Å²) in [5, 5.41) is 14.0. The molecule has 0 amide bonds. The molecule has 19 heavy (non-hydrogen) atoms. The third-order valence-corrected chi connectivity index (χ3v) is 3.60. The normalized spacial score (nSPS) is 10.7. The number of carbonyl (C=O) groups is 1. The fourth-order valence-corrected chi connectivity index (χ4v) is 2.07. The van der Waals surface area contributed by atoms with Crippen LogP contribution in [0.3, 0.4) is 0 Å². The molecule has 0 spiro atoms. The van der Waals surface area contributed by atoms with Crippen LogP contribution in [0.2, 0.25) is 5.02 Å². The van der Waals surface area contributed by atoms with Crippen molar-refractivity contribution < 1.29 is 9.90 Å². The highest BCUT2D eigenvalue weighted by Gasteiger charge is 2.16. The molecule has 0 atom stereocenters. The van der Waals surface area contributed by atoms with Gasteiger partial charge in [0.25, 0.3) is 0 Å². The Morgan fingerprint density at radius 2 is 2.00 bits per heavy atom. The molecule has 1 heterocycles. The second kappa shape index (κ2) is 4.59. The Morgan fingerprint density at radius 3 is 2.47 bits per heavy atom. The van der Waals surface area contributed by atoms with E-state index < -0.39 is 5.97 Å². The van der Waals surface area contributed by atoms with Crippen LogP contribution in [0, 0.1) is 20.8 Å². The lowest BCUT2D eigenvalue weighted by molar-refractivity contribution is 0.0698. The predicted molar refractivity (Wildman–Crippen MR) is 74.2 cm³/mol. The van der Waals surface area contributed by atoms with Gasteiger partial charge >= 0.3 is 5.97 Å². The van der Waals surface area contributed by atoms with Crippen LogP contribution in [-0.2, 0) is 0 Å². The van der Waals surface area contributed by atoms with E-state index in [2.05, 4.69) is 5.10 Å². The SMILES string of the molecule is Cc1cc(-n2nc(C)c(Cl)c2C)cc(C(=O)O)c1N. The molecule has 3 N–H and O–H groups in total. The lowest BCUT2D eigenvalue weighted by Crippen LogP contribution is -2.08. The molecule has 1 aromatic carbocycles. The summed E-state index contributed by atoms with van der Waals surface area (Å²) in [5.41, 5.74) is 8.89. The molecule has 0 radical (unpaired) electrons. The maximum absolute atomic E-state index is 11.2. The van der Waals surface area contributed by atoms with E-state index in [4.69, 9.17) is 22.4 Å². The van der Waals surface area contributed by atoms with Gasteiger partial charge in [0, 0.05) is 5.69 Å². The van der Waals surface area contributed by atoms with Crippen molar-refractivity contribution in [3.63, 3.8) is 0 Å². The minimum atomic E-state index is -1.06. The smallest absolute Gasteiger partial charge is 0.337 e. The summed E-state index contributed by atoms with van der Waals surface area (Å²) in [6.07, 6.45) is 0. The number of aromatic carboxylic acids is 1. The molecular weight excluding hydrogens is 266 g/mol. The Bertz CT molecular complexity index is 677. The van der Waals surface area contributed by atoms with E-state index in [-0.39, 0.29) is 11.3 Å². The van der Waals surface area contributed by atoms with Crippen LogP contribution >= 0.6 is 11.6 Å². The van der Waals surface area contributed by atoms with Crippen LogP contribution in [0.15, 0.2) is 12.1 Å². The topological polar surface area (TPSA) is 81.1 Å². The van der Waals surface area contributed by atoms with E-state index in [9.17, 15) is 4.79 Å². The van der Waals surface area contributed by atoms with Crippen LogP contribution in [0.5, 0.6) is 0 Å². The van der Waals surface area contributed by atoms with Gasteiger partial charge in [-0.2, -0.15) is 5.10 Å². The number of hydrogen-bond acceptors (Lipinski definition) is 3. The number of hydrogen-bond donors (Lipinski definition) is 2.